The van der Waals surface area contributed by atoms with Crippen LogP contribution in [0.25, 0.3) is 0 Å². The second-order valence-corrected chi connectivity index (χ2v) is 11.9. The third-order valence-electron chi connectivity index (χ3n) is 9.04. The fourth-order valence-electron chi connectivity index (χ4n) is 6.54. The van der Waals surface area contributed by atoms with Crippen LogP contribution >= 0.6 is 0 Å². The molecule has 224 valence electrons. The number of morpholine rings is 1. The highest BCUT2D eigenvalue weighted by atomic mass is 16.5. The van der Waals surface area contributed by atoms with Crippen molar-refractivity contribution in [2.75, 3.05) is 58.0 Å². The maximum atomic E-state index is 14.0. The molecule has 1 aromatic carbocycles. The molecule has 0 unspecified atom stereocenters. The van der Waals surface area contributed by atoms with Gasteiger partial charge in [0.2, 0.25) is 0 Å². The maximum Gasteiger partial charge on any atom is 0.254 e. The lowest BCUT2D eigenvalue weighted by Gasteiger charge is -2.44. The zero-order chi connectivity index (χ0) is 29.1. The molecule has 2 aromatic rings. The van der Waals surface area contributed by atoms with E-state index in [0.717, 1.165) is 100 Å². The third-order valence-corrected chi connectivity index (χ3v) is 9.04. The first-order valence-electron chi connectivity index (χ1n) is 15.2. The fraction of sp³-hybridized carbons (Fsp3) is 0.625. The second-order valence-electron chi connectivity index (χ2n) is 11.9. The molecule has 1 amide bonds. The average Bonchev–Trinajstić information content (AvgIpc) is 2.94. The average molecular weight is 567 g/mol. The number of pyridine rings is 1. The molecule has 5 rings (SSSR count). The van der Waals surface area contributed by atoms with Crippen molar-refractivity contribution in [3.63, 3.8) is 0 Å². The number of H-pyrrole nitrogens is 1. The van der Waals surface area contributed by atoms with Crippen LogP contribution in [-0.2, 0) is 16.0 Å². The van der Waals surface area contributed by atoms with Crippen molar-refractivity contribution in [1.82, 2.24) is 14.8 Å². The molecule has 0 atom stereocenters. The topological polar surface area (TPSA) is 87.3 Å². The highest BCUT2D eigenvalue weighted by molar-refractivity contribution is 5.97. The van der Waals surface area contributed by atoms with Crippen molar-refractivity contribution >= 4 is 11.6 Å². The Balaban J connectivity index is 1.41. The lowest BCUT2D eigenvalue weighted by Crippen LogP contribution is -2.52. The van der Waals surface area contributed by atoms with Gasteiger partial charge in [-0.25, -0.2) is 0 Å². The first kappa shape index (κ1) is 29.6. The minimum absolute atomic E-state index is 0.114. The summed E-state index contributed by atoms with van der Waals surface area (Å²) in [6, 6.07) is 6.87. The molecular formula is C32H46N4O5. The summed E-state index contributed by atoms with van der Waals surface area (Å²) in [6.07, 6.45) is 4.02. The summed E-state index contributed by atoms with van der Waals surface area (Å²) in [5.41, 5.74) is 4.77. The SMILES string of the molecule is CCN(c1cc(O[C@H]2C[C@H](N3CCOCC3)C2)cc(C(=O)N(C)Cc2c(C)cc(C)[nH]c2=O)c1C)C1CCOCC1. The first-order chi connectivity index (χ1) is 19.7. The summed E-state index contributed by atoms with van der Waals surface area (Å²) in [5, 5.41) is 0. The number of rotatable bonds is 9. The standard InChI is InChI=1S/C32H46N4O5/c1-6-36(24-7-11-39-12-8-24)30-19-27(41-26-16-25(17-26)35-9-13-40-14-10-35)18-28(23(30)4)32(38)34(5)20-29-21(2)15-22(3)33-31(29)37/h15,18-19,24-26H,6-14,16-17,20H2,1-5H3,(H,33,37)/t25-,26-. The van der Waals surface area contributed by atoms with Gasteiger partial charge >= 0.3 is 0 Å². The molecule has 3 heterocycles. The van der Waals surface area contributed by atoms with E-state index in [-0.39, 0.29) is 24.1 Å². The number of amides is 1. The van der Waals surface area contributed by atoms with Crippen molar-refractivity contribution in [3.8, 4) is 5.75 Å². The van der Waals surface area contributed by atoms with E-state index < -0.39 is 0 Å². The Morgan fingerprint density at radius 2 is 1.73 bits per heavy atom. The van der Waals surface area contributed by atoms with Crippen molar-refractivity contribution in [2.45, 2.75) is 78.1 Å². The number of benzene rings is 1. The Kier molecular flexibility index (Phi) is 9.36. The van der Waals surface area contributed by atoms with Gasteiger partial charge < -0.3 is 29.0 Å². The van der Waals surface area contributed by atoms with Crippen molar-refractivity contribution in [2.24, 2.45) is 0 Å². The van der Waals surface area contributed by atoms with Crippen molar-refractivity contribution in [1.29, 1.82) is 0 Å². The Labute approximate surface area is 243 Å². The molecule has 1 saturated carbocycles. The van der Waals surface area contributed by atoms with Gasteiger partial charge in [-0.1, -0.05) is 0 Å². The molecule has 41 heavy (non-hydrogen) atoms. The highest BCUT2D eigenvalue weighted by Crippen LogP contribution is 2.36. The number of anilines is 1. The van der Waals surface area contributed by atoms with Gasteiger partial charge in [0.05, 0.1) is 19.8 Å². The van der Waals surface area contributed by atoms with Crippen LogP contribution in [0.1, 0.15) is 65.3 Å². The van der Waals surface area contributed by atoms with Crippen LogP contribution in [0.2, 0.25) is 0 Å². The van der Waals surface area contributed by atoms with Gasteiger partial charge in [0.1, 0.15) is 11.9 Å². The van der Waals surface area contributed by atoms with Crippen molar-refractivity contribution < 1.29 is 19.0 Å². The molecule has 3 aliphatic rings. The van der Waals surface area contributed by atoms with E-state index in [9.17, 15) is 9.59 Å². The predicted octanol–water partition coefficient (Wildman–Crippen LogP) is 3.82. The molecule has 2 aliphatic heterocycles. The quantitative estimate of drug-likeness (QED) is 0.494. The van der Waals surface area contributed by atoms with E-state index in [1.165, 1.54) is 0 Å². The van der Waals surface area contributed by atoms with Gasteiger partial charge in [0.25, 0.3) is 11.5 Å². The van der Waals surface area contributed by atoms with Crippen LogP contribution in [0.15, 0.2) is 23.0 Å². The molecular weight excluding hydrogens is 520 g/mol. The summed E-state index contributed by atoms with van der Waals surface area (Å²) in [5.74, 6) is 0.624. The molecule has 0 radical (unpaired) electrons. The minimum atomic E-state index is -0.145. The molecule has 3 fully saturated rings. The third kappa shape index (κ3) is 6.63. The monoisotopic (exact) mass is 566 g/mol. The molecule has 2 saturated heterocycles. The van der Waals surface area contributed by atoms with E-state index in [1.54, 1.807) is 11.9 Å². The van der Waals surface area contributed by atoms with Gasteiger partial charge in [-0.3, -0.25) is 14.5 Å². The van der Waals surface area contributed by atoms with E-state index in [0.29, 0.717) is 23.2 Å². The van der Waals surface area contributed by atoms with Gasteiger partial charge in [-0.15, -0.1) is 0 Å². The smallest absolute Gasteiger partial charge is 0.254 e. The Morgan fingerprint density at radius 3 is 2.39 bits per heavy atom. The van der Waals surface area contributed by atoms with Crippen LogP contribution in [-0.4, -0.2) is 92.0 Å². The van der Waals surface area contributed by atoms with Gasteiger partial charge in [0.15, 0.2) is 0 Å². The Hall–Kier alpha value is -2.88. The fourth-order valence-corrected chi connectivity index (χ4v) is 6.54. The van der Waals surface area contributed by atoms with E-state index >= 15 is 0 Å². The number of aromatic amines is 1. The summed E-state index contributed by atoms with van der Waals surface area (Å²) in [4.78, 5) is 36.1. The molecule has 1 aliphatic carbocycles. The van der Waals surface area contributed by atoms with Crippen LogP contribution in [0, 0.1) is 20.8 Å². The summed E-state index contributed by atoms with van der Waals surface area (Å²) in [6.45, 7) is 14.1. The molecule has 0 spiro atoms. The van der Waals surface area contributed by atoms with Gasteiger partial charge in [-0.2, -0.15) is 0 Å². The van der Waals surface area contributed by atoms with Gasteiger partial charge in [0, 0.05) is 93.4 Å². The summed E-state index contributed by atoms with van der Waals surface area (Å²) < 4.78 is 17.7. The van der Waals surface area contributed by atoms with E-state index in [4.69, 9.17) is 14.2 Å². The molecule has 1 aromatic heterocycles. The number of ether oxygens (including phenoxy) is 3. The zero-order valence-corrected chi connectivity index (χ0v) is 25.3. The lowest BCUT2D eigenvalue weighted by atomic mass is 9.87. The first-order valence-corrected chi connectivity index (χ1v) is 15.2. The van der Waals surface area contributed by atoms with Crippen LogP contribution < -0.4 is 15.2 Å². The van der Waals surface area contributed by atoms with Crippen LogP contribution in [0.3, 0.4) is 0 Å². The Morgan fingerprint density at radius 1 is 1.05 bits per heavy atom. The predicted molar refractivity (Wildman–Crippen MR) is 160 cm³/mol. The van der Waals surface area contributed by atoms with Gasteiger partial charge in [-0.05, 0) is 63.8 Å². The van der Waals surface area contributed by atoms with Crippen molar-refractivity contribution in [3.05, 3.63) is 56.5 Å². The largest absolute Gasteiger partial charge is 0.490 e. The van der Waals surface area contributed by atoms with E-state index in [2.05, 4.69) is 27.8 Å². The normalized spacial score (nSPS) is 21.8. The number of hydrogen-bond donors (Lipinski definition) is 1. The highest BCUT2D eigenvalue weighted by Gasteiger charge is 2.36. The number of hydrogen-bond acceptors (Lipinski definition) is 7. The molecule has 1 N–H and O–H groups in total. The summed E-state index contributed by atoms with van der Waals surface area (Å²) in [7, 11) is 1.77. The second kappa shape index (κ2) is 13.0. The maximum absolute atomic E-state index is 14.0. The minimum Gasteiger partial charge on any atom is -0.490 e. The molecule has 9 heteroatoms. The zero-order valence-electron chi connectivity index (χ0n) is 25.3. The number of aromatic nitrogens is 1. The number of nitrogens with one attached hydrogen (secondary N) is 1. The van der Waals surface area contributed by atoms with E-state index in [1.807, 2.05) is 32.9 Å². The molecule has 0 bridgehead atoms. The summed E-state index contributed by atoms with van der Waals surface area (Å²) >= 11 is 0. The number of carbonyl (C=O) groups is 1. The number of carbonyl (C=O) groups excluding carboxylic acids is 1. The number of nitrogens with zero attached hydrogens (tertiary/aromatic N) is 3. The molecule has 9 nitrogen and oxygen atoms in total. The number of aryl methyl sites for hydroxylation is 2. The lowest BCUT2D eigenvalue weighted by molar-refractivity contribution is -0.0373. The Bertz CT molecular complexity index is 1280. The van der Waals surface area contributed by atoms with Crippen LogP contribution in [0.4, 0.5) is 5.69 Å². The van der Waals surface area contributed by atoms with Crippen LogP contribution in [0.5, 0.6) is 5.75 Å².